The molecule has 1 saturated heterocycles. The lowest BCUT2D eigenvalue weighted by Gasteiger charge is -2.30. The van der Waals surface area contributed by atoms with Gasteiger partial charge in [0.25, 0.3) is 0 Å². The summed E-state index contributed by atoms with van der Waals surface area (Å²) in [5.74, 6) is 0.702. The first-order chi connectivity index (χ1) is 9.24. The standard InChI is InChI=1S/C16H22BrNO/c1-11-16(12-6-4-7-14(17)9-12)19-10-13-5-2-3-8-15(13)18-11/h4,6-7,9,11,13,15-16,18H,2-3,5,8,10H2,1H3. The summed E-state index contributed by atoms with van der Waals surface area (Å²) >= 11 is 3.55. The molecule has 1 aliphatic carbocycles. The fourth-order valence-electron chi connectivity index (χ4n) is 3.49. The first-order valence-electron chi connectivity index (χ1n) is 7.37. The maximum atomic E-state index is 6.24. The maximum Gasteiger partial charge on any atom is 0.0975 e. The summed E-state index contributed by atoms with van der Waals surface area (Å²) in [6, 6.07) is 9.54. The van der Waals surface area contributed by atoms with Crippen molar-refractivity contribution < 1.29 is 4.74 Å². The molecule has 1 heterocycles. The van der Waals surface area contributed by atoms with Gasteiger partial charge in [-0.05, 0) is 43.4 Å². The molecule has 19 heavy (non-hydrogen) atoms. The Labute approximate surface area is 124 Å². The first-order valence-corrected chi connectivity index (χ1v) is 8.16. The molecule has 2 aliphatic rings. The van der Waals surface area contributed by atoms with E-state index in [4.69, 9.17) is 4.74 Å². The average molecular weight is 324 g/mol. The predicted molar refractivity (Wildman–Crippen MR) is 81.2 cm³/mol. The van der Waals surface area contributed by atoms with Crippen molar-refractivity contribution in [1.29, 1.82) is 0 Å². The van der Waals surface area contributed by atoms with E-state index < -0.39 is 0 Å². The number of ether oxygens (including phenoxy) is 1. The van der Waals surface area contributed by atoms with Crippen molar-refractivity contribution in [3.63, 3.8) is 0 Å². The molecule has 1 N–H and O–H groups in total. The molecule has 2 fully saturated rings. The zero-order valence-electron chi connectivity index (χ0n) is 11.4. The average Bonchev–Trinajstić information content (AvgIpc) is 2.57. The molecular weight excluding hydrogens is 302 g/mol. The Morgan fingerprint density at radius 1 is 1.26 bits per heavy atom. The number of hydrogen-bond acceptors (Lipinski definition) is 2. The minimum Gasteiger partial charge on any atom is -0.372 e. The molecule has 3 heteroatoms. The second-order valence-corrected chi connectivity index (χ2v) is 6.83. The van der Waals surface area contributed by atoms with E-state index in [1.807, 2.05) is 0 Å². The number of halogens is 1. The number of hydrogen-bond donors (Lipinski definition) is 1. The van der Waals surface area contributed by atoms with Crippen molar-refractivity contribution in [3.05, 3.63) is 34.3 Å². The molecule has 2 nitrogen and oxygen atoms in total. The fraction of sp³-hybridized carbons (Fsp3) is 0.625. The molecule has 104 valence electrons. The van der Waals surface area contributed by atoms with Crippen LogP contribution in [0.5, 0.6) is 0 Å². The van der Waals surface area contributed by atoms with Crippen LogP contribution in [-0.2, 0) is 4.74 Å². The Morgan fingerprint density at radius 2 is 2.11 bits per heavy atom. The highest BCUT2D eigenvalue weighted by Gasteiger charge is 2.33. The molecule has 4 atom stereocenters. The van der Waals surface area contributed by atoms with Gasteiger partial charge in [0.2, 0.25) is 0 Å². The van der Waals surface area contributed by atoms with Crippen LogP contribution in [0.2, 0.25) is 0 Å². The molecule has 1 aromatic rings. The Bertz CT molecular complexity index is 437. The summed E-state index contributed by atoms with van der Waals surface area (Å²) < 4.78 is 7.37. The van der Waals surface area contributed by atoms with Gasteiger partial charge >= 0.3 is 0 Å². The van der Waals surface area contributed by atoms with Crippen LogP contribution in [0.4, 0.5) is 0 Å². The van der Waals surface area contributed by atoms with Gasteiger partial charge in [0, 0.05) is 16.6 Å². The number of benzene rings is 1. The zero-order chi connectivity index (χ0) is 13.2. The fourth-order valence-corrected chi connectivity index (χ4v) is 3.91. The van der Waals surface area contributed by atoms with Crippen molar-refractivity contribution >= 4 is 15.9 Å². The Balaban J connectivity index is 1.79. The molecule has 3 rings (SSSR count). The predicted octanol–water partition coefficient (Wildman–Crippen LogP) is 4.06. The van der Waals surface area contributed by atoms with Crippen LogP contribution in [-0.4, -0.2) is 18.7 Å². The largest absolute Gasteiger partial charge is 0.372 e. The van der Waals surface area contributed by atoms with Crippen molar-refractivity contribution in [2.24, 2.45) is 5.92 Å². The molecule has 0 bridgehead atoms. The van der Waals surface area contributed by atoms with Crippen LogP contribution in [0.3, 0.4) is 0 Å². The normalized spacial score (nSPS) is 35.5. The van der Waals surface area contributed by atoms with Crippen LogP contribution in [0.1, 0.15) is 44.3 Å². The van der Waals surface area contributed by atoms with Gasteiger partial charge < -0.3 is 10.1 Å². The summed E-state index contributed by atoms with van der Waals surface area (Å²) in [6.45, 7) is 3.15. The van der Waals surface area contributed by atoms with Gasteiger partial charge in [-0.3, -0.25) is 0 Å². The van der Waals surface area contributed by atoms with Crippen molar-refractivity contribution in [1.82, 2.24) is 5.32 Å². The number of fused-ring (bicyclic) bond motifs is 1. The highest BCUT2D eigenvalue weighted by atomic mass is 79.9. The summed E-state index contributed by atoms with van der Waals surface area (Å²) in [4.78, 5) is 0. The lowest BCUT2D eigenvalue weighted by Crippen LogP contribution is -2.43. The third-order valence-corrected chi connectivity index (χ3v) is 5.00. The van der Waals surface area contributed by atoms with E-state index >= 15 is 0 Å². The minimum atomic E-state index is 0.170. The Kier molecular flexibility index (Phi) is 4.25. The van der Waals surface area contributed by atoms with Gasteiger partial charge in [0.05, 0.1) is 12.7 Å². The first kappa shape index (κ1) is 13.6. The highest BCUT2D eigenvalue weighted by Crippen LogP contribution is 2.33. The van der Waals surface area contributed by atoms with E-state index in [9.17, 15) is 0 Å². The number of rotatable bonds is 1. The summed E-state index contributed by atoms with van der Waals surface area (Å²) in [7, 11) is 0. The molecule has 0 radical (unpaired) electrons. The summed E-state index contributed by atoms with van der Waals surface area (Å²) in [5.41, 5.74) is 1.27. The van der Waals surface area contributed by atoms with Crippen LogP contribution >= 0.6 is 15.9 Å². The smallest absolute Gasteiger partial charge is 0.0975 e. The molecule has 4 unspecified atom stereocenters. The maximum absolute atomic E-state index is 6.24. The third-order valence-electron chi connectivity index (χ3n) is 4.51. The van der Waals surface area contributed by atoms with Gasteiger partial charge in [0.1, 0.15) is 0 Å². The SMILES string of the molecule is CC1NC2CCCCC2COC1c1cccc(Br)c1. The molecule has 1 aromatic carbocycles. The van der Waals surface area contributed by atoms with Crippen molar-refractivity contribution in [3.8, 4) is 0 Å². The van der Waals surface area contributed by atoms with Crippen LogP contribution in [0, 0.1) is 5.92 Å². The van der Waals surface area contributed by atoms with E-state index in [0.29, 0.717) is 18.0 Å². The quantitative estimate of drug-likeness (QED) is 0.841. The topological polar surface area (TPSA) is 21.3 Å². The Hall–Kier alpha value is -0.380. The third kappa shape index (κ3) is 3.04. The lowest BCUT2D eigenvalue weighted by atomic mass is 9.85. The Morgan fingerprint density at radius 3 is 2.95 bits per heavy atom. The lowest BCUT2D eigenvalue weighted by molar-refractivity contribution is 0.0263. The van der Waals surface area contributed by atoms with E-state index in [0.717, 1.165) is 11.1 Å². The van der Waals surface area contributed by atoms with E-state index in [2.05, 4.69) is 52.4 Å². The summed E-state index contributed by atoms with van der Waals surface area (Å²) in [5, 5.41) is 3.81. The molecular formula is C16H22BrNO. The molecule has 0 aromatic heterocycles. The molecule has 0 spiro atoms. The van der Waals surface area contributed by atoms with E-state index in [1.54, 1.807) is 0 Å². The van der Waals surface area contributed by atoms with Gasteiger partial charge in [-0.2, -0.15) is 0 Å². The van der Waals surface area contributed by atoms with Crippen LogP contribution in [0.25, 0.3) is 0 Å². The van der Waals surface area contributed by atoms with Crippen LogP contribution < -0.4 is 5.32 Å². The van der Waals surface area contributed by atoms with Gasteiger partial charge in [-0.15, -0.1) is 0 Å². The van der Waals surface area contributed by atoms with Gasteiger partial charge in [0.15, 0.2) is 0 Å². The zero-order valence-corrected chi connectivity index (χ0v) is 13.0. The molecule has 0 amide bonds. The van der Waals surface area contributed by atoms with Crippen molar-refractivity contribution in [2.75, 3.05) is 6.61 Å². The molecule has 1 aliphatic heterocycles. The van der Waals surface area contributed by atoms with Gasteiger partial charge in [-0.25, -0.2) is 0 Å². The van der Waals surface area contributed by atoms with Gasteiger partial charge in [-0.1, -0.05) is 40.9 Å². The molecule has 1 saturated carbocycles. The number of nitrogens with one attached hydrogen (secondary N) is 1. The summed E-state index contributed by atoms with van der Waals surface area (Å²) in [6.07, 6.45) is 5.52. The van der Waals surface area contributed by atoms with E-state index in [-0.39, 0.29) is 6.10 Å². The second-order valence-electron chi connectivity index (χ2n) is 5.92. The monoisotopic (exact) mass is 323 g/mol. The highest BCUT2D eigenvalue weighted by molar-refractivity contribution is 9.10. The van der Waals surface area contributed by atoms with E-state index in [1.165, 1.54) is 31.2 Å². The van der Waals surface area contributed by atoms with Crippen molar-refractivity contribution in [2.45, 2.75) is 50.8 Å². The van der Waals surface area contributed by atoms with Crippen LogP contribution in [0.15, 0.2) is 28.7 Å². The minimum absolute atomic E-state index is 0.170. The second kappa shape index (κ2) is 5.94.